The minimum atomic E-state index is -0.369. The van der Waals surface area contributed by atoms with Gasteiger partial charge in [0, 0.05) is 17.3 Å². The zero-order valence-electron chi connectivity index (χ0n) is 16.3. The minimum Gasteiger partial charge on any atom is -0.486 e. The molecule has 2 N–H and O–H groups in total. The van der Waals surface area contributed by atoms with Crippen molar-refractivity contribution in [2.75, 3.05) is 5.32 Å². The van der Waals surface area contributed by atoms with Crippen LogP contribution in [0.25, 0.3) is 0 Å². The van der Waals surface area contributed by atoms with E-state index in [1.54, 1.807) is 24.3 Å². The van der Waals surface area contributed by atoms with Crippen LogP contribution in [-0.4, -0.2) is 28.1 Å². The fraction of sp³-hybridized carbons (Fsp3) is 0.273. The topological polar surface area (TPSA) is 93.2 Å². The molecule has 7 nitrogen and oxygen atoms in total. The van der Waals surface area contributed by atoms with E-state index >= 15 is 0 Å². The van der Waals surface area contributed by atoms with Crippen molar-refractivity contribution < 1.29 is 14.3 Å². The first-order valence-electron chi connectivity index (χ1n) is 9.90. The van der Waals surface area contributed by atoms with Crippen molar-refractivity contribution in [2.45, 2.75) is 38.3 Å². The molecule has 0 saturated heterocycles. The second-order valence-electron chi connectivity index (χ2n) is 7.09. The first-order chi connectivity index (χ1) is 14.7. The highest BCUT2D eigenvalue weighted by Crippen LogP contribution is 2.20. The van der Waals surface area contributed by atoms with Crippen LogP contribution in [0.3, 0.4) is 0 Å². The Kier molecular flexibility index (Phi) is 6.34. The number of aromatic nitrogens is 2. The number of anilines is 1. The Labute approximate surface area is 178 Å². The number of hydrogen-bond acceptors (Lipinski definition) is 6. The lowest BCUT2D eigenvalue weighted by Gasteiger charge is -2.12. The molecule has 1 aliphatic carbocycles. The van der Waals surface area contributed by atoms with E-state index < -0.39 is 0 Å². The number of benzene rings is 2. The number of ether oxygens (including phenoxy) is 1. The summed E-state index contributed by atoms with van der Waals surface area (Å²) in [5, 5.41) is 14.6. The van der Waals surface area contributed by atoms with Gasteiger partial charge in [0.25, 0.3) is 11.8 Å². The number of amides is 2. The largest absolute Gasteiger partial charge is 0.486 e. The van der Waals surface area contributed by atoms with E-state index in [2.05, 4.69) is 20.8 Å². The molecule has 1 fully saturated rings. The summed E-state index contributed by atoms with van der Waals surface area (Å²) in [5.74, 6) is 0.243. The van der Waals surface area contributed by atoms with Gasteiger partial charge in [-0.25, -0.2) is 0 Å². The molecule has 0 bridgehead atoms. The summed E-state index contributed by atoms with van der Waals surface area (Å²) in [6.07, 6.45) is 4.35. The van der Waals surface area contributed by atoms with Gasteiger partial charge in [0.2, 0.25) is 5.01 Å². The lowest BCUT2D eigenvalue weighted by atomic mass is 10.1. The van der Waals surface area contributed by atoms with Gasteiger partial charge in [-0.3, -0.25) is 9.59 Å². The van der Waals surface area contributed by atoms with Crippen molar-refractivity contribution in [1.29, 1.82) is 0 Å². The molecule has 0 aliphatic heterocycles. The highest BCUT2D eigenvalue weighted by Gasteiger charge is 2.19. The standard InChI is InChI=1S/C22H22N4O3S/c27-20(23-16-8-4-5-9-16)15-7-6-10-17(13-15)24-21(28)22-26-25-19(30-22)14-29-18-11-2-1-3-12-18/h1-3,6-7,10-13,16H,4-5,8-9,14H2,(H,23,27)(H,24,28). The van der Waals surface area contributed by atoms with Crippen LogP contribution in [-0.2, 0) is 6.61 Å². The molecule has 1 saturated carbocycles. The average molecular weight is 423 g/mol. The van der Waals surface area contributed by atoms with Crippen LogP contribution < -0.4 is 15.4 Å². The normalized spacial score (nSPS) is 13.7. The molecule has 0 atom stereocenters. The fourth-order valence-corrected chi connectivity index (χ4v) is 3.98. The molecule has 0 spiro atoms. The molecule has 154 valence electrons. The van der Waals surface area contributed by atoms with Crippen LogP contribution in [0.2, 0.25) is 0 Å². The third kappa shape index (κ3) is 5.21. The number of nitrogens with zero attached hydrogens (tertiary/aromatic N) is 2. The third-order valence-electron chi connectivity index (χ3n) is 4.84. The van der Waals surface area contributed by atoms with Crippen molar-refractivity contribution in [1.82, 2.24) is 15.5 Å². The van der Waals surface area contributed by atoms with E-state index in [-0.39, 0.29) is 29.5 Å². The Morgan fingerprint density at radius 3 is 2.60 bits per heavy atom. The Morgan fingerprint density at radius 1 is 1.00 bits per heavy atom. The van der Waals surface area contributed by atoms with Crippen molar-refractivity contribution in [3.8, 4) is 5.75 Å². The summed E-state index contributed by atoms with van der Waals surface area (Å²) in [5.41, 5.74) is 1.06. The van der Waals surface area contributed by atoms with Crippen LogP contribution in [0.4, 0.5) is 5.69 Å². The van der Waals surface area contributed by atoms with Crippen molar-refractivity contribution in [2.24, 2.45) is 0 Å². The molecule has 0 unspecified atom stereocenters. The van der Waals surface area contributed by atoms with Crippen LogP contribution >= 0.6 is 11.3 Å². The second kappa shape index (κ2) is 9.49. The molecule has 1 aliphatic rings. The number of para-hydroxylation sites is 1. The summed E-state index contributed by atoms with van der Waals surface area (Å²) >= 11 is 1.17. The minimum absolute atomic E-state index is 0.116. The number of hydrogen-bond donors (Lipinski definition) is 2. The van der Waals surface area contributed by atoms with Crippen LogP contribution in [0.5, 0.6) is 5.75 Å². The molecule has 30 heavy (non-hydrogen) atoms. The number of nitrogens with one attached hydrogen (secondary N) is 2. The predicted octanol–water partition coefficient (Wildman–Crippen LogP) is 4.04. The SMILES string of the molecule is O=C(NC1CCCC1)c1cccc(NC(=O)c2nnc(COc3ccccc3)s2)c1. The number of carbonyl (C=O) groups is 2. The Morgan fingerprint density at radius 2 is 1.80 bits per heavy atom. The van der Waals surface area contributed by atoms with Crippen LogP contribution in [0.15, 0.2) is 54.6 Å². The maximum Gasteiger partial charge on any atom is 0.286 e. The Bertz CT molecular complexity index is 1020. The first kappa shape index (κ1) is 20.0. The van der Waals surface area contributed by atoms with Crippen molar-refractivity contribution in [3.05, 3.63) is 70.2 Å². The van der Waals surface area contributed by atoms with E-state index in [1.165, 1.54) is 11.3 Å². The molecular formula is C22H22N4O3S. The van der Waals surface area contributed by atoms with Crippen molar-refractivity contribution in [3.63, 3.8) is 0 Å². The zero-order valence-corrected chi connectivity index (χ0v) is 17.2. The van der Waals surface area contributed by atoms with E-state index in [9.17, 15) is 9.59 Å². The quantitative estimate of drug-likeness (QED) is 0.599. The molecule has 3 aromatic rings. The van der Waals surface area contributed by atoms with Crippen molar-refractivity contribution >= 4 is 28.8 Å². The predicted molar refractivity (Wildman–Crippen MR) is 115 cm³/mol. The Hall–Kier alpha value is -3.26. The van der Waals surface area contributed by atoms with Gasteiger partial charge in [0.1, 0.15) is 12.4 Å². The van der Waals surface area contributed by atoms with Gasteiger partial charge < -0.3 is 15.4 Å². The van der Waals surface area contributed by atoms with Gasteiger partial charge in [-0.15, -0.1) is 10.2 Å². The van der Waals surface area contributed by atoms with Gasteiger partial charge in [0.05, 0.1) is 0 Å². The summed E-state index contributed by atoms with van der Waals surface area (Å²) in [7, 11) is 0. The van der Waals surface area contributed by atoms with Crippen LogP contribution in [0.1, 0.15) is 50.9 Å². The highest BCUT2D eigenvalue weighted by molar-refractivity contribution is 7.13. The van der Waals surface area contributed by atoms with E-state index in [0.29, 0.717) is 16.3 Å². The maximum atomic E-state index is 12.5. The van der Waals surface area contributed by atoms with E-state index in [0.717, 1.165) is 31.4 Å². The van der Waals surface area contributed by atoms with Gasteiger partial charge in [-0.2, -0.15) is 0 Å². The molecule has 8 heteroatoms. The Balaban J connectivity index is 1.34. The fourth-order valence-electron chi connectivity index (χ4n) is 3.33. The summed E-state index contributed by atoms with van der Waals surface area (Å²) < 4.78 is 5.63. The molecule has 1 heterocycles. The first-order valence-corrected chi connectivity index (χ1v) is 10.7. The maximum absolute atomic E-state index is 12.5. The zero-order chi connectivity index (χ0) is 20.8. The number of rotatable bonds is 7. The van der Waals surface area contributed by atoms with Gasteiger partial charge in [-0.05, 0) is 43.2 Å². The molecule has 4 rings (SSSR count). The van der Waals surface area contributed by atoms with Gasteiger partial charge in [0.15, 0.2) is 5.01 Å². The lowest BCUT2D eigenvalue weighted by Crippen LogP contribution is -2.32. The third-order valence-corrected chi connectivity index (χ3v) is 5.74. The molecule has 1 aromatic heterocycles. The molecule has 2 amide bonds. The summed E-state index contributed by atoms with van der Waals surface area (Å²) in [6.45, 7) is 0.242. The van der Waals surface area contributed by atoms with Gasteiger partial charge in [-0.1, -0.05) is 48.4 Å². The van der Waals surface area contributed by atoms with E-state index in [4.69, 9.17) is 4.74 Å². The van der Waals surface area contributed by atoms with Crippen LogP contribution in [0, 0.1) is 0 Å². The average Bonchev–Trinajstić information content (AvgIpc) is 3.45. The summed E-state index contributed by atoms with van der Waals surface area (Å²) in [6, 6.07) is 16.5. The smallest absolute Gasteiger partial charge is 0.286 e. The monoisotopic (exact) mass is 422 g/mol. The van der Waals surface area contributed by atoms with E-state index in [1.807, 2.05) is 30.3 Å². The molecule has 0 radical (unpaired) electrons. The number of carbonyl (C=O) groups excluding carboxylic acids is 2. The van der Waals surface area contributed by atoms with Gasteiger partial charge >= 0.3 is 0 Å². The summed E-state index contributed by atoms with van der Waals surface area (Å²) in [4.78, 5) is 25.0. The lowest BCUT2D eigenvalue weighted by molar-refractivity contribution is 0.0936. The second-order valence-corrected chi connectivity index (χ2v) is 8.15. The molecule has 2 aromatic carbocycles. The molecular weight excluding hydrogens is 400 g/mol. The highest BCUT2D eigenvalue weighted by atomic mass is 32.1.